The molecule has 1 saturated heterocycles. The van der Waals surface area contributed by atoms with Gasteiger partial charge in [-0.2, -0.15) is 0 Å². The standard InChI is InChI=1S/C9H15N/c1-2-9-8-4-6(5-10-9)3-7(1)8/h6-10H,1-5H2. The maximum absolute atomic E-state index is 3.67. The zero-order chi connectivity index (χ0) is 6.55. The first-order valence-corrected chi connectivity index (χ1v) is 4.67. The molecule has 2 saturated carbocycles. The molecule has 3 fully saturated rings. The minimum absolute atomic E-state index is 0.934. The molecule has 1 heteroatoms. The molecular formula is C9H15N. The van der Waals surface area contributed by atoms with Gasteiger partial charge in [0.2, 0.25) is 0 Å². The maximum Gasteiger partial charge on any atom is 0.00983 e. The number of nitrogens with one attached hydrogen (secondary N) is 1. The summed E-state index contributed by atoms with van der Waals surface area (Å²) in [5.41, 5.74) is 0. The van der Waals surface area contributed by atoms with E-state index in [0.717, 1.165) is 23.8 Å². The molecule has 10 heavy (non-hydrogen) atoms. The lowest BCUT2D eigenvalue weighted by Gasteiger charge is -2.26. The van der Waals surface area contributed by atoms with Gasteiger partial charge in [0.25, 0.3) is 0 Å². The number of rotatable bonds is 0. The third kappa shape index (κ3) is 0.572. The Morgan fingerprint density at radius 1 is 1.10 bits per heavy atom. The van der Waals surface area contributed by atoms with E-state index in [1.807, 2.05) is 0 Å². The molecule has 1 nitrogen and oxygen atoms in total. The van der Waals surface area contributed by atoms with Crippen LogP contribution in [0.1, 0.15) is 25.7 Å². The van der Waals surface area contributed by atoms with Crippen LogP contribution < -0.4 is 5.32 Å². The van der Waals surface area contributed by atoms with Crippen molar-refractivity contribution in [2.24, 2.45) is 17.8 Å². The van der Waals surface area contributed by atoms with Crippen LogP contribution in [0, 0.1) is 17.8 Å². The zero-order valence-electron chi connectivity index (χ0n) is 6.34. The fraction of sp³-hybridized carbons (Fsp3) is 1.00. The third-order valence-electron chi connectivity index (χ3n) is 3.88. The molecule has 0 aromatic carbocycles. The van der Waals surface area contributed by atoms with Crippen LogP contribution in [0.2, 0.25) is 0 Å². The van der Waals surface area contributed by atoms with Crippen LogP contribution in [0.5, 0.6) is 0 Å². The van der Waals surface area contributed by atoms with Crippen molar-refractivity contribution in [3.63, 3.8) is 0 Å². The summed E-state index contributed by atoms with van der Waals surface area (Å²) in [6, 6.07) is 0.934. The van der Waals surface area contributed by atoms with Crippen molar-refractivity contribution < 1.29 is 0 Å². The van der Waals surface area contributed by atoms with Crippen LogP contribution in [0.15, 0.2) is 0 Å². The predicted molar refractivity (Wildman–Crippen MR) is 40.7 cm³/mol. The first-order valence-electron chi connectivity index (χ1n) is 4.67. The van der Waals surface area contributed by atoms with Gasteiger partial charge in [0.05, 0.1) is 0 Å². The lowest BCUT2D eigenvalue weighted by Crippen LogP contribution is -2.39. The summed E-state index contributed by atoms with van der Waals surface area (Å²) < 4.78 is 0. The lowest BCUT2D eigenvalue weighted by atomic mass is 9.94. The Bertz CT molecular complexity index is 147. The van der Waals surface area contributed by atoms with Gasteiger partial charge in [-0.15, -0.1) is 0 Å². The van der Waals surface area contributed by atoms with E-state index in [2.05, 4.69) is 5.32 Å². The zero-order valence-corrected chi connectivity index (χ0v) is 6.34. The molecule has 4 atom stereocenters. The van der Waals surface area contributed by atoms with Crippen molar-refractivity contribution in [1.29, 1.82) is 0 Å². The molecule has 3 aliphatic rings. The minimum Gasteiger partial charge on any atom is -0.313 e. The quantitative estimate of drug-likeness (QED) is 0.532. The van der Waals surface area contributed by atoms with Crippen LogP contribution >= 0.6 is 0 Å². The van der Waals surface area contributed by atoms with Crippen molar-refractivity contribution in [1.82, 2.24) is 5.32 Å². The Labute approximate surface area is 62.2 Å². The smallest absolute Gasteiger partial charge is 0.00983 e. The first-order chi connectivity index (χ1) is 4.93. The van der Waals surface area contributed by atoms with Crippen molar-refractivity contribution >= 4 is 0 Å². The molecule has 0 spiro atoms. The summed E-state index contributed by atoms with van der Waals surface area (Å²) in [6.07, 6.45) is 6.11. The molecule has 0 aromatic heterocycles. The van der Waals surface area contributed by atoms with E-state index in [4.69, 9.17) is 0 Å². The van der Waals surface area contributed by atoms with Crippen molar-refractivity contribution in [2.75, 3.05) is 6.54 Å². The molecule has 3 rings (SSSR count). The van der Waals surface area contributed by atoms with E-state index >= 15 is 0 Å². The van der Waals surface area contributed by atoms with Gasteiger partial charge in [-0.3, -0.25) is 0 Å². The fourth-order valence-corrected chi connectivity index (χ4v) is 3.45. The van der Waals surface area contributed by atoms with Crippen molar-refractivity contribution in [3.8, 4) is 0 Å². The van der Waals surface area contributed by atoms with Crippen LogP contribution in [-0.2, 0) is 0 Å². The molecule has 56 valence electrons. The van der Waals surface area contributed by atoms with Gasteiger partial charge >= 0.3 is 0 Å². The van der Waals surface area contributed by atoms with E-state index in [1.54, 1.807) is 12.8 Å². The monoisotopic (exact) mass is 137 g/mol. The highest BCUT2D eigenvalue weighted by atomic mass is 15.0. The number of fused-ring (bicyclic) bond motifs is 1. The lowest BCUT2D eigenvalue weighted by molar-refractivity contribution is 0.302. The molecule has 0 aromatic rings. The Hall–Kier alpha value is -0.0400. The minimum atomic E-state index is 0.934. The fourth-order valence-electron chi connectivity index (χ4n) is 3.45. The van der Waals surface area contributed by atoms with E-state index in [9.17, 15) is 0 Å². The molecule has 1 N–H and O–H groups in total. The predicted octanol–water partition coefficient (Wildman–Crippen LogP) is 1.39. The number of hydrogen-bond donors (Lipinski definition) is 1. The molecule has 1 heterocycles. The van der Waals surface area contributed by atoms with Crippen molar-refractivity contribution in [2.45, 2.75) is 31.7 Å². The van der Waals surface area contributed by atoms with Crippen LogP contribution in [0.25, 0.3) is 0 Å². The summed E-state index contributed by atoms with van der Waals surface area (Å²) in [5, 5.41) is 3.67. The molecule has 1 aliphatic heterocycles. The number of hydrogen-bond acceptors (Lipinski definition) is 1. The first kappa shape index (κ1) is 5.59. The van der Waals surface area contributed by atoms with Gasteiger partial charge in [0, 0.05) is 6.04 Å². The highest BCUT2D eigenvalue weighted by Gasteiger charge is 2.46. The number of piperidine rings is 1. The normalized spacial score (nSPS) is 57.6. The highest BCUT2D eigenvalue weighted by Crippen LogP contribution is 2.49. The van der Waals surface area contributed by atoms with Gasteiger partial charge in [-0.05, 0) is 50.0 Å². The summed E-state index contributed by atoms with van der Waals surface area (Å²) in [6.45, 7) is 1.33. The Morgan fingerprint density at radius 2 is 2.10 bits per heavy atom. The second kappa shape index (κ2) is 1.76. The average molecular weight is 137 g/mol. The highest BCUT2D eigenvalue weighted by molar-refractivity contribution is 5.00. The summed E-state index contributed by atoms with van der Waals surface area (Å²) >= 11 is 0. The van der Waals surface area contributed by atoms with Crippen LogP contribution in [0.3, 0.4) is 0 Å². The largest absolute Gasteiger partial charge is 0.313 e. The maximum atomic E-state index is 3.67. The van der Waals surface area contributed by atoms with E-state index in [-0.39, 0.29) is 0 Å². The second-order valence-electron chi connectivity index (χ2n) is 4.35. The third-order valence-corrected chi connectivity index (χ3v) is 3.88. The summed E-state index contributed by atoms with van der Waals surface area (Å²) in [4.78, 5) is 0. The van der Waals surface area contributed by atoms with E-state index in [0.29, 0.717) is 0 Å². The van der Waals surface area contributed by atoms with E-state index < -0.39 is 0 Å². The molecule has 2 bridgehead atoms. The van der Waals surface area contributed by atoms with E-state index in [1.165, 1.54) is 19.4 Å². The summed E-state index contributed by atoms with van der Waals surface area (Å²) in [5.74, 6) is 3.29. The van der Waals surface area contributed by atoms with Crippen LogP contribution in [-0.4, -0.2) is 12.6 Å². The van der Waals surface area contributed by atoms with Gasteiger partial charge in [0.15, 0.2) is 0 Å². The second-order valence-corrected chi connectivity index (χ2v) is 4.35. The van der Waals surface area contributed by atoms with Gasteiger partial charge < -0.3 is 5.32 Å². The SMILES string of the molecule is C1NC2CCC3CC1CC32. The molecule has 0 radical (unpaired) electrons. The van der Waals surface area contributed by atoms with Gasteiger partial charge in [-0.25, -0.2) is 0 Å². The topological polar surface area (TPSA) is 12.0 Å². The van der Waals surface area contributed by atoms with Gasteiger partial charge in [-0.1, -0.05) is 0 Å². The molecule has 2 aliphatic carbocycles. The Balaban J connectivity index is 1.94. The van der Waals surface area contributed by atoms with Gasteiger partial charge in [0.1, 0.15) is 0 Å². The molecule has 4 unspecified atom stereocenters. The Kier molecular flexibility index (Phi) is 0.984. The molecular weight excluding hydrogens is 122 g/mol. The van der Waals surface area contributed by atoms with Crippen molar-refractivity contribution in [3.05, 3.63) is 0 Å². The average Bonchev–Trinajstić information content (AvgIpc) is 2.38. The Morgan fingerprint density at radius 3 is 3.10 bits per heavy atom. The summed E-state index contributed by atoms with van der Waals surface area (Å²) in [7, 11) is 0. The van der Waals surface area contributed by atoms with Crippen LogP contribution in [0.4, 0.5) is 0 Å². The molecule has 0 amide bonds.